The van der Waals surface area contributed by atoms with Gasteiger partial charge in [-0.25, -0.2) is 9.97 Å². The van der Waals surface area contributed by atoms with Crippen LogP contribution >= 0.6 is 0 Å². The molecule has 6 rings (SSSR count). The number of aliphatic carboxylic acids is 1. The molecule has 2 aromatic carbocycles. The summed E-state index contributed by atoms with van der Waals surface area (Å²) in [5.41, 5.74) is 21.4. The molecule has 0 saturated carbocycles. The second kappa shape index (κ2) is 24.7. The van der Waals surface area contributed by atoms with Crippen LogP contribution in [0.15, 0.2) is 77.6 Å². The zero-order valence-electron chi connectivity index (χ0n) is 40.8. The maximum atomic E-state index is 13.9. The van der Waals surface area contributed by atoms with Crippen LogP contribution in [-0.4, -0.2) is 119 Å². The summed E-state index contributed by atoms with van der Waals surface area (Å²) < 4.78 is 19.1. The Balaban J connectivity index is 1.37. The number of primary amides is 2. The summed E-state index contributed by atoms with van der Waals surface area (Å²) in [5, 5.41) is 29.6. The van der Waals surface area contributed by atoms with Crippen molar-refractivity contribution in [3.63, 3.8) is 0 Å². The largest absolute Gasteiger partial charge is 0.491 e. The molecule has 4 amide bonds. The maximum absolute atomic E-state index is 13.9. The third-order valence-electron chi connectivity index (χ3n) is 10.9. The SMILES string of the molecule is CCn1nc(C)cc1C(=O)Nc1nc2cc(C(N)=O)cc(OC/C=C/CN=C/C(=C\N)NCCC(=O)O)c2n1C/C=C/Cn1c(NC(=O)c2cc(C)nn2CC)nc2cc(C(N)=O)cc(OCCCNC)c21. The molecule has 4 aromatic heterocycles. The number of ether oxygens (including phenoxy) is 2. The van der Waals surface area contributed by atoms with Gasteiger partial charge in [0.1, 0.15) is 40.5 Å². The summed E-state index contributed by atoms with van der Waals surface area (Å²) in [7, 11) is 1.83. The van der Waals surface area contributed by atoms with Gasteiger partial charge in [0.15, 0.2) is 0 Å². The Bertz CT molecular complexity index is 3080. The number of nitrogens with zero attached hydrogens (tertiary/aromatic N) is 9. The van der Waals surface area contributed by atoms with Crippen LogP contribution in [0.5, 0.6) is 11.5 Å². The van der Waals surface area contributed by atoms with Crippen molar-refractivity contribution in [2.24, 2.45) is 22.2 Å². The second-order valence-corrected chi connectivity index (χ2v) is 16.1. The van der Waals surface area contributed by atoms with Gasteiger partial charge in [-0.1, -0.05) is 18.2 Å². The van der Waals surface area contributed by atoms with E-state index in [1.807, 2.05) is 33.0 Å². The highest BCUT2D eigenvalue weighted by Crippen LogP contribution is 2.33. The lowest BCUT2D eigenvalue weighted by Crippen LogP contribution is -2.20. The highest BCUT2D eigenvalue weighted by atomic mass is 16.5. The van der Waals surface area contributed by atoms with Gasteiger partial charge in [0.2, 0.25) is 23.7 Å². The minimum absolute atomic E-state index is 0.0264. The average molecular weight is 989 g/mol. The fourth-order valence-corrected chi connectivity index (χ4v) is 7.53. The number of hydrogen-bond donors (Lipinski definition) is 8. The molecule has 0 bridgehead atoms. The number of allylic oxidation sites excluding steroid dienone is 3. The summed E-state index contributed by atoms with van der Waals surface area (Å²) in [5.74, 6) is -2.46. The van der Waals surface area contributed by atoms with Crippen LogP contribution in [0.3, 0.4) is 0 Å². The molecule has 0 aliphatic rings. The third-order valence-corrected chi connectivity index (χ3v) is 10.9. The fraction of sp³-hybridized carbons (Fsp3) is 0.333. The van der Waals surface area contributed by atoms with Crippen molar-refractivity contribution in [2.75, 3.05) is 50.5 Å². The van der Waals surface area contributed by atoms with Crippen molar-refractivity contribution >= 4 is 69.8 Å². The van der Waals surface area contributed by atoms with E-state index in [1.165, 1.54) is 30.6 Å². The van der Waals surface area contributed by atoms with Crippen molar-refractivity contribution in [1.82, 2.24) is 49.3 Å². The Morgan fingerprint density at radius 1 is 0.736 bits per heavy atom. The first-order valence-electron chi connectivity index (χ1n) is 23.1. The molecule has 4 heterocycles. The molecule has 24 nitrogen and oxygen atoms in total. The van der Waals surface area contributed by atoms with E-state index in [4.69, 9.17) is 41.7 Å². The Hall–Kier alpha value is -8.80. The number of anilines is 2. The molecule has 11 N–H and O–H groups in total. The summed E-state index contributed by atoms with van der Waals surface area (Å²) in [6.45, 7) is 9.83. The summed E-state index contributed by atoms with van der Waals surface area (Å²) in [6, 6.07) is 9.44. The summed E-state index contributed by atoms with van der Waals surface area (Å²) in [6.07, 6.45) is 10.4. The van der Waals surface area contributed by atoms with Gasteiger partial charge in [0.05, 0.1) is 47.7 Å². The number of aryl methyl sites for hydroxylation is 4. The fourth-order valence-electron chi connectivity index (χ4n) is 7.53. The lowest BCUT2D eigenvalue weighted by molar-refractivity contribution is -0.136. The zero-order chi connectivity index (χ0) is 51.9. The number of benzene rings is 2. The van der Waals surface area contributed by atoms with Gasteiger partial charge in [-0.3, -0.25) is 49.0 Å². The third kappa shape index (κ3) is 13.1. The molecule has 0 spiro atoms. The van der Waals surface area contributed by atoms with Crippen LogP contribution in [0.25, 0.3) is 22.1 Å². The molecule has 0 fully saturated rings. The zero-order valence-corrected chi connectivity index (χ0v) is 40.8. The highest BCUT2D eigenvalue weighted by molar-refractivity contribution is 6.05. The van der Waals surface area contributed by atoms with E-state index in [9.17, 15) is 24.0 Å². The minimum Gasteiger partial charge on any atom is -0.491 e. The number of carboxylic acids is 1. The average Bonchev–Trinajstić information content (AvgIpc) is 4.12. The molecule has 0 radical (unpaired) electrons. The van der Waals surface area contributed by atoms with Gasteiger partial charge in [-0.15, -0.1) is 0 Å². The van der Waals surface area contributed by atoms with E-state index >= 15 is 0 Å². The Morgan fingerprint density at radius 2 is 1.26 bits per heavy atom. The molecule has 24 heteroatoms. The monoisotopic (exact) mass is 988 g/mol. The van der Waals surface area contributed by atoms with E-state index in [2.05, 4.69) is 36.5 Å². The van der Waals surface area contributed by atoms with Gasteiger partial charge < -0.3 is 51.5 Å². The molecule has 380 valence electrons. The summed E-state index contributed by atoms with van der Waals surface area (Å²) >= 11 is 0. The normalized spacial score (nSPS) is 11.9. The molecule has 0 unspecified atom stereocenters. The number of amides is 4. The number of aliphatic imine (C=N–C) groups is 1. The first-order valence-corrected chi connectivity index (χ1v) is 23.1. The van der Waals surface area contributed by atoms with Gasteiger partial charge in [0.25, 0.3) is 11.8 Å². The lowest BCUT2D eigenvalue weighted by atomic mass is 10.1. The van der Waals surface area contributed by atoms with Gasteiger partial charge in [-0.2, -0.15) is 10.2 Å². The number of carbonyl (C=O) groups is 5. The first-order chi connectivity index (χ1) is 34.6. The number of nitrogens with one attached hydrogen (secondary N) is 4. The number of carboxylic acid groups (broad SMARTS) is 1. The molecule has 0 aliphatic carbocycles. The van der Waals surface area contributed by atoms with Crippen LogP contribution in [0.4, 0.5) is 11.9 Å². The molecular weight excluding hydrogens is 929 g/mol. The standard InChI is InChI=1S/C48H60N16O8/c1-6-63-36(21-29(3)59-63)45(69)57-47-55-34-23-31(43(50)67)25-38(71-19-11-8-15-53-28-33(27-49)54-16-13-40(65)66)41(34)61(47)17-9-10-18-62-42-35(24-32(44(51)68)26-39(42)72-20-12-14-52-5)56-48(62)58-46(70)37-22-30(4)60-64(37)7-2/h8-11,21-28,52,54H,6-7,12-20,49H2,1-5H3,(H2,50,67)(H2,51,68)(H,65,66)(H,55,57,69)(H,56,58,70)/b10-9+,11-8+,33-27+,53-28?. The first kappa shape index (κ1) is 52.6. The molecule has 0 saturated heterocycles. The van der Waals surface area contributed by atoms with Crippen LogP contribution < -0.4 is 47.9 Å². The molecule has 72 heavy (non-hydrogen) atoms. The minimum atomic E-state index is -0.947. The van der Waals surface area contributed by atoms with E-state index in [-0.39, 0.29) is 68.0 Å². The van der Waals surface area contributed by atoms with Crippen molar-refractivity contribution < 1.29 is 38.6 Å². The number of carbonyl (C=O) groups excluding carboxylic acids is 4. The molecule has 0 aliphatic heterocycles. The molecular formula is C48H60N16O8. The van der Waals surface area contributed by atoms with Crippen LogP contribution in [0.1, 0.15) is 79.8 Å². The predicted octanol–water partition coefficient (Wildman–Crippen LogP) is 3.25. The number of rotatable bonds is 27. The van der Waals surface area contributed by atoms with Crippen LogP contribution in [0, 0.1) is 13.8 Å². The van der Waals surface area contributed by atoms with Gasteiger partial charge in [-0.05, 0) is 90.2 Å². The Kier molecular flexibility index (Phi) is 18.0. The Labute approximate surface area is 414 Å². The summed E-state index contributed by atoms with van der Waals surface area (Å²) in [4.78, 5) is 77.6. The van der Waals surface area contributed by atoms with Crippen molar-refractivity contribution in [3.8, 4) is 11.5 Å². The van der Waals surface area contributed by atoms with Gasteiger partial charge in [0, 0.05) is 56.3 Å². The smallest absolute Gasteiger partial charge is 0.305 e. The second-order valence-electron chi connectivity index (χ2n) is 16.1. The predicted molar refractivity (Wildman–Crippen MR) is 271 cm³/mol. The van der Waals surface area contributed by atoms with E-state index in [1.54, 1.807) is 62.7 Å². The van der Waals surface area contributed by atoms with Crippen LogP contribution in [0.2, 0.25) is 0 Å². The maximum Gasteiger partial charge on any atom is 0.305 e. The van der Waals surface area contributed by atoms with Gasteiger partial charge >= 0.3 is 5.97 Å². The number of hydrogen-bond acceptors (Lipinski definition) is 15. The quantitative estimate of drug-likeness (QED) is 0.0209. The molecule has 0 atom stereocenters. The number of fused-ring (bicyclic) bond motifs is 2. The number of aromatic nitrogens is 8. The van der Waals surface area contributed by atoms with Crippen molar-refractivity contribution in [1.29, 1.82) is 0 Å². The van der Waals surface area contributed by atoms with E-state index < -0.39 is 29.6 Å². The lowest BCUT2D eigenvalue weighted by Gasteiger charge is -2.13. The van der Waals surface area contributed by atoms with Crippen molar-refractivity contribution in [3.05, 3.63) is 107 Å². The Morgan fingerprint density at radius 3 is 1.74 bits per heavy atom. The van der Waals surface area contributed by atoms with Crippen molar-refractivity contribution in [2.45, 2.75) is 66.7 Å². The van der Waals surface area contributed by atoms with E-state index in [0.29, 0.717) is 89.0 Å². The van der Waals surface area contributed by atoms with Crippen LogP contribution in [-0.2, 0) is 31.0 Å². The number of nitrogens with two attached hydrogens (primary N) is 3. The molecule has 6 aromatic rings. The highest BCUT2D eigenvalue weighted by Gasteiger charge is 2.24. The number of imidazole rings is 2. The topological polar surface area (TPSA) is 334 Å². The van der Waals surface area contributed by atoms with E-state index in [0.717, 1.165) is 0 Å².